The fourth-order valence-electron chi connectivity index (χ4n) is 2.79. The van der Waals surface area contributed by atoms with Crippen molar-refractivity contribution in [2.75, 3.05) is 13.1 Å². The maximum Gasteiger partial charge on any atom is 0.308 e. The maximum absolute atomic E-state index is 13.0. The fourth-order valence-corrected chi connectivity index (χ4v) is 3.86. The van der Waals surface area contributed by atoms with E-state index in [0.717, 1.165) is 10.6 Å². The van der Waals surface area contributed by atoms with Crippen molar-refractivity contribution in [3.8, 4) is 0 Å². The molecule has 1 unspecified atom stereocenters. The molecular formula is C17H17FN2O3S. The number of thiazole rings is 1. The summed E-state index contributed by atoms with van der Waals surface area (Å²) in [6.07, 6.45) is 1.03. The molecule has 1 aromatic heterocycles. The average molecular weight is 348 g/mol. The van der Waals surface area contributed by atoms with Gasteiger partial charge in [-0.2, -0.15) is 0 Å². The Morgan fingerprint density at radius 3 is 2.71 bits per heavy atom. The van der Waals surface area contributed by atoms with E-state index in [0.29, 0.717) is 30.0 Å². The molecule has 3 rings (SSSR count). The molecule has 2 heterocycles. The third-order valence-electron chi connectivity index (χ3n) is 4.13. The zero-order chi connectivity index (χ0) is 17.3. The van der Waals surface area contributed by atoms with Gasteiger partial charge in [-0.25, -0.2) is 9.37 Å². The lowest BCUT2D eigenvalue weighted by molar-refractivity contribution is -0.141. The largest absolute Gasteiger partial charge is 0.481 e. The van der Waals surface area contributed by atoms with E-state index >= 15 is 0 Å². The molecule has 1 saturated heterocycles. The summed E-state index contributed by atoms with van der Waals surface area (Å²) in [4.78, 5) is 30.2. The predicted molar refractivity (Wildman–Crippen MR) is 87.7 cm³/mol. The molecule has 24 heavy (non-hydrogen) atoms. The van der Waals surface area contributed by atoms with Crippen LogP contribution < -0.4 is 0 Å². The van der Waals surface area contributed by atoms with Crippen molar-refractivity contribution in [1.29, 1.82) is 0 Å². The molecular weight excluding hydrogens is 331 g/mol. The Balaban J connectivity index is 1.73. The minimum absolute atomic E-state index is 0.154. The van der Waals surface area contributed by atoms with Crippen molar-refractivity contribution in [3.63, 3.8) is 0 Å². The number of halogens is 1. The molecule has 1 N–H and O–H groups in total. The van der Waals surface area contributed by atoms with Gasteiger partial charge in [-0.05, 0) is 31.0 Å². The van der Waals surface area contributed by atoms with E-state index in [9.17, 15) is 14.0 Å². The Hall–Kier alpha value is -2.28. The maximum atomic E-state index is 13.0. The van der Waals surface area contributed by atoms with Gasteiger partial charge in [0.2, 0.25) is 0 Å². The second-order valence-corrected chi connectivity index (χ2v) is 6.98. The number of amides is 1. The van der Waals surface area contributed by atoms with Gasteiger partial charge >= 0.3 is 5.97 Å². The first-order valence-electron chi connectivity index (χ1n) is 7.67. The standard InChI is InChI=1S/C17H17FN2O3S/c1-10-15(16(21)20-7-6-12(9-20)17(22)23)24-14(19-10)8-11-2-4-13(18)5-3-11/h2-5,12H,6-9H2,1H3,(H,22,23). The van der Waals surface area contributed by atoms with Crippen molar-refractivity contribution in [1.82, 2.24) is 9.88 Å². The zero-order valence-electron chi connectivity index (χ0n) is 13.2. The van der Waals surface area contributed by atoms with Crippen LogP contribution >= 0.6 is 11.3 Å². The molecule has 1 aromatic carbocycles. The fraction of sp³-hybridized carbons (Fsp3) is 0.353. The highest BCUT2D eigenvalue weighted by atomic mass is 32.1. The topological polar surface area (TPSA) is 70.5 Å². The molecule has 0 saturated carbocycles. The number of aromatic nitrogens is 1. The molecule has 0 bridgehead atoms. The van der Waals surface area contributed by atoms with E-state index in [1.165, 1.54) is 23.5 Å². The van der Waals surface area contributed by atoms with Crippen LogP contribution in [0.2, 0.25) is 0 Å². The first-order valence-corrected chi connectivity index (χ1v) is 8.48. The number of nitrogens with zero attached hydrogens (tertiary/aromatic N) is 2. The molecule has 0 spiro atoms. The first-order chi connectivity index (χ1) is 11.4. The summed E-state index contributed by atoms with van der Waals surface area (Å²) < 4.78 is 13.0. The molecule has 1 fully saturated rings. The first kappa shape index (κ1) is 16.6. The summed E-state index contributed by atoms with van der Waals surface area (Å²) in [5, 5.41) is 9.84. The number of carbonyl (C=O) groups is 2. The third-order valence-corrected chi connectivity index (χ3v) is 5.27. The number of likely N-dealkylation sites (tertiary alicyclic amines) is 1. The minimum atomic E-state index is -0.858. The van der Waals surface area contributed by atoms with E-state index in [4.69, 9.17) is 5.11 Å². The van der Waals surface area contributed by atoms with Gasteiger partial charge in [-0.1, -0.05) is 12.1 Å². The number of carboxylic acid groups (broad SMARTS) is 1. The third kappa shape index (κ3) is 3.46. The van der Waals surface area contributed by atoms with E-state index in [1.807, 2.05) is 0 Å². The molecule has 0 radical (unpaired) electrons. The summed E-state index contributed by atoms with van der Waals surface area (Å²) >= 11 is 1.32. The van der Waals surface area contributed by atoms with Crippen LogP contribution in [0.1, 0.15) is 32.4 Å². The number of aryl methyl sites for hydroxylation is 1. The van der Waals surface area contributed by atoms with Gasteiger partial charge in [0, 0.05) is 19.5 Å². The van der Waals surface area contributed by atoms with E-state index in [1.54, 1.807) is 24.0 Å². The Bertz CT molecular complexity index is 773. The highest BCUT2D eigenvalue weighted by Crippen LogP contribution is 2.25. The Kier molecular flexibility index (Phi) is 4.62. The van der Waals surface area contributed by atoms with Crippen LogP contribution in [0.4, 0.5) is 4.39 Å². The van der Waals surface area contributed by atoms with Crippen LogP contribution in [0.25, 0.3) is 0 Å². The average Bonchev–Trinajstić information content (AvgIpc) is 3.16. The van der Waals surface area contributed by atoms with Gasteiger partial charge in [0.15, 0.2) is 0 Å². The van der Waals surface area contributed by atoms with Crippen molar-refractivity contribution in [2.24, 2.45) is 5.92 Å². The summed E-state index contributed by atoms with van der Waals surface area (Å²) in [6.45, 7) is 2.49. The monoisotopic (exact) mass is 348 g/mol. The van der Waals surface area contributed by atoms with Gasteiger partial charge in [-0.15, -0.1) is 11.3 Å². The van der Waals surface area contributed by atoms with Crippen molar-refractivity contribution in [2.45, 2.75) is 19.8 Å². The van der Waals surface area contributed by atoms with E-state index in [-0.39, 0.29) is 18.3 Å². The Morgan fingerprint density at radius 1 is 1.38 bits per heavy atom. The molecule has 7 heteroatoms. The second kappa shape index (κ2) is 6.68. The van der Waals surface area contributed by atoms with Gasteiger partial charge in [0.1, 0.15) is 10.7 Å². The van der Waals surface area contributed by atoms with Crippen LogP contribution in [-0.2, 0) is 11.2 Å². The molecule has 1 aliphatic heterocycles. The van der Waals surface area contributed by atoms with Crippen LogP contribution in [0.15, 0.2) is 24.3 Å². The summed E-state index contributed by atoms with van der Waals surface area (Å²) in [5.41, 5.74) is 1.58. The number of rotatable bonds is 4. The highest BCUT2D eigenvalue weighted by Gasteiger charge is 2.32. The van der Waals surface area contributed by atoms with Gasteiger partial charge in [0.05, 0.1) is 16.6 Å². The predicted octanol–water partition coefficient (Wildman–Crippen LogP) is 2.73. The lowest BCUT2D eigenvalue weighted by Gasteiger charge is -2.14. The number of benzene rings is 1. The van der Waals surface area contributed by atoms with Gasteiger partial charge < -0.3 is 10.0 Å². The molecule has 5 nitrogen and oxygen atoms in total. The zero-order valence-corrected chi connectivity index (χ0v) is 14.0. The second-order valence-electron chi connectivity index (χ2n) is 5.90. The molecule has 1 amide bonds. The number of hydrogen-bond donors (Lipinski definition) is 1. The molecule has 1 aliphatic rings. The minimum Gasteiger partial charge on any atom is -0.481 e. The smallest absolute Gasteiger partial charge is 0.308 e. The lowest BCUT2D eigenvalue weighted by atomic mass is 10.1. The summed E-state index contributed by atoms with van der Waals surface area (Å²) in [7, 11) is 0. The molecule has 1 atom stereocenters. The van der Waals surface area contributed by atoms with Crippen molar-refractivity contribution >= 4 is 23.2 Å². The quantitative estimate of drug-likeness (QED) is 0.922. The Labute approximate surface area is 142 Å². The van der Waals surface area contributed by atoms with Crippen LogP contribution in [-0.4, -0.2) is 40.0 Å². The van der Waals surface area contributed by atoms with Crippen LogP contribution in [0.3, 0.4) is 0 Å². The number of aliphatic carboxylic acids is 1. The van der Waals surface area contributed by atoms with Gasteiger partial charge in [0.25, 0.3) is 5.91 Å². The van der Waals surface area contributed by atoms with Crippen molar-refractivity contribution in [3.05, 3.63) is 51.2 Å². The lowest BCUT2D eigenvalue weighted by Crippen LogP contribution is -2.29. The van der Waals surface area contributed by atoms with Gasteiger partial charge in [-0.3, -0.25) is 9.59 Å². The summed E-state index contributed by atoms with van der Waals surface area (Å²) in [5.74, 6) is -1.78. The number of hydrogen-bond acceptors (Lipinski definition) is 4. The number of carbonyl (C=O) groups excluding carboxylic acids is 1. The van der Waals surface area contributed by atoms with E-state index < -0.39 is 11.9 Å². The van der Waals surface area contributed by atoms with Crippen molar-refractivity contribution < 1.29 is 19.1 Å². The normalized spacial score (nSPS) is 17.2. The SMILES string of the molecule is Cc1nc(Cc2ccc(F)cc2)sc1C(=O)N1CCC(C(=O)O)C1. The van der Waals surface area contributed by atoms with Crippen LogP contribution in [0, 0.1) is 18.7 Å². The number of carboxylic acids is 1. The highest BCUT2D eigenvalue weighted by molar-refractivity contribution is 7.13. The Morgan fingerprint density at radius 2 is 2.08 bits per heavy atom. The molecule has 126 valence electrons. The molecule has 0 aliphatic carbocycles. The van der Waals surface area contributed by atoms with E-state index in [2.05, 4.69) is 4.98 Å². The molecule has 2 aromatic rings. The summed E-state index contributed by atoms with van der Waals surface area (Å²) in [6, 6.07) is 6.20. The van der Waals surface area contributed by atoms with Crippen LogP contribution in [0.5, 0.6) is 0 Å².